The molecule has 0 heterocycles. The average Bonchev–Trinajstić information content (AvgIpc) is 2.57. The van der Waals surface area contributed by atoms with E-state index in [1.165, 1.54) is 0 Å². The number of rotatable bonds is 5. The van der Waals surface area contributed by atoms with Gasteiger partial charge in [-0.3, -0.25) is 9.59 Å². The summed E-state index contributed by atoms with van der Waals surface area (Å²) in [5, 5.41) is 6.00. The highest BCUT2D eigenvalue weighted by atomic mass is 35.5. The first kappa shape index (κ1) is 19.0. The maximum atomic E-state index is 12.1. The van der Waals surface area contributed by atoms with Crippen molar-refractivity contribution in [1.82, 2.24) is 10.6 Å². The first-order chi connectivity index (χ1) is 11.8. The molecule has 4 nitrogen and oxygen atoms in total. The Bertz CT molecular complexity index is 749. The molecule has 0 aliphatic heterocycles. The maximum absolute atomic E-state index is 12.1. The highest BCUT2D eigenvalue weighted by molar-refractivity contribution is 6.30. The van der Waals surface area contributed by atoms with Crippen LogP contribution in [0.25, 0.3) is 0 Å². The van der Waals surface area contributed by atoms with E-state index in [-0.39, 0.29) is 23.8 Å². The van der Waals surface area contributed by atoms with E-state index in [1.54, 1.807) is 24.3 Å². The second-order valence-corrected chi connectivity index (χ2v) is 7.35. The third-order valence-corrected chi connectivity index (χ3v) is 4.04. The van der Waals surface area contributed by atoms with Gasteiger partial charge >= 0.3 is 0 Å². The topological polar surface area (TPSA) is 58.2 Å². The van der Waals surface area contributed by atoms with Crippen LogP contribution in [0.1, 0.15) is 42.3 Å². The Morgan fingerprint density at radius 1 is 1.00 bits per heavy atom. The maximum Gasteiger partial charge on any atom is 0.251 e. The number of hydrogen-bond acceptors (Lipinski definition) is 2. The number of carbonyl (C=O) groups excluding carboxylic acids is 2. The van der Waals surface area contributed by atoms with Crippen LogP contribution in [0.3, 0.4) is 0 Å². The second-order valence-electron chi connectivity index (χ2n) is 6.92. The molecule has 2 aromatic rings. The summed E-state index contributed by atoms with van der Waals surface area (Å²) in [5.74, 6) is -0.516. The van der Waals surface area contributed by atoms with Crippen LogP contribution in [0.15, 0.2) is 48.5 Å². The van der Waals surface area contributed by atoms with Gasteiger partial charge in [-0.2, -0.15) is 0 Å². The summed E-state index contributed by atoms with van der Waals surface area (Å²) in [7, 11) is 0. The van der Waals surface area contributed by atoms with Crippen LogP contribution >= 0.6 is 11.6 Å². The highest BCUT2D eigenvalue weighted by Gasteiger charge is 2.14. The van der Waals surface area contributed by atoms with Crippen molar-refractivity contribution in [3.05, 3.63) is 70.2 Å². The Hall–Kier alpha value is -2.33. The summed E-state index contributed by atoms with van der Waals surface area (Å²) < 4.78 is 0. The summed E-state index contributed by atoms with van der Waals surface area (Å²) in [6, 6.07) is 14.7. The average molecular weight is 359 g/mol. The number of hydrogen-bond donors (Lipinski definition) is 2. The van der Waals surface area contributed by atoms with Crippen LogP contribution in [0, 0.1) is 0 Å². The van der Waals surface area contributed by atoms with Gasteiger partial charge in [-0.05, 0) is 40.8 Å². The van der Waals surface area contributed by atoms with Crippen molar-refractivity contribution in [2.75, 3.05) is 6.54 Å². The summed E-state index contributed by atoms with van der Waals surface area (Å²) in [6.07, 6.45) is 0. The van der Waals surface area contributed by atoms with Crippen molar-refractivity contribution in [3.8, 4) is 0 Å². The molecule has 0 radical (unpaired) electrons. The van der Waals surface area contributed by atoms with Crippen LogP contribution in [0.5, 0.6) is 0 Å². The lowest BCUT2D eigenvalue weighted by Gasteiger charge is -2.19. The summed E-state index contributed by atoms with van der Waals surface area (Å²) in [6.45, 7) is 6.65. The molecule has 0 unspecified atom stereocenters. The molecule has 2 aromatic carbocycles. The van der Waals surface area contributed by atoms with Crippen molar-refractivity contribution >= 4 is 23.4 Å². The van der Waals surface area contributed by atoms with Crippen molar-refractivity contribution in [2.24, 2.45) is 0 Å². The number of carbonyl (C=O) groups is 2. The predicted molar refractivity (Wildman–Crippen MR) is 101 cm³/mol. The molecule has 0 fully saturated rings. The monoisotopic (exact) mass is 358 g/mol. The smallest absolute Gasteiger partial charge is 0.251 e. The van der Waals surface area contributed by atoms with Crippen molar-refractivity contribution < 1.29 is 9.59 Å². The minimum absolute atomic E-state index is 0.0369. The Balaban J connectivity index is 1.82. The quantitative estimate of drug-likeness (QED) is 0.856. The van der Waals surface area contributed by atoms with Gasteiger partial charge in [-0.15, -0.1) is 0 Å². The molecule has 0 aliphatic carbocycles. The molecular formula is C20H23ClN2O2. The molecule has 5 heteroatoms. The molecule has 25 heavy (non-hydrogen) atoms. The molecule has 0 aromatic heterocycles. The third kappa shape index (κ3) is 5.91. The van der Waals surface area contributed by atoms with Crippen LogP contribution < -0.4 is 10.6 Å². The largest absolute Gasteiger partial charge is 0.350 e. The standard InChI is InChI=1S/C20H23ClN2O2/c1-20(2,3)16-9-7-15(8-10-16)19(25)23-13-18(24)22-12-14-5-4-6-17(21)11-14/h4-11H,12-13H2,1-3H3,(H,22,24)(H,23,25). The van der Waals surface area contributed by atoms with E-state index in [1.807, 2.05) is 24.3 Å². The normalized spacial score (nSPS) is 11.0. The van der Waals surface area contributed by atoms with Gasteiger partial charge in [0.2, 0.25) is 5.91 Å². The number of amides is 2. The molecule has 0 atom stereocenters. The minimum Gasteiger partial charge on any atom is -0.350 e. The fraction of sp³-hybridized carbons (Fsp3) is 0.300. The van der Waals surface area contributed by atoms with Crippen molar-refractivity contribution in [2.45, 2.75) is 32.7 Å². The lowest BCUT2D eigenvalue weighted by molar-refractivity contribution is -0.120. The zero-order valence-corrected chi connectivity index (χ0v) is 15.5. The Morgan fingerprint density at radius 3 is 2.28 bits per heavy atom. The summed E-state index contributed by atoms with van der Waals surface area (Å²) in [4.78, 5) is 24.0. The number of benzene rings is 2. The molecular weight excluding hydrogens is 336 g/mol. The van der Waals surface area contributed by atoms with Gasteiger partial charge in [0.1, 0.15) is 0 Å². The van der Waals surface area contributed by atoms with E-state index in [0.717, 1.165) is 11.1 Å². The molecule has 132 valence electrons. The van der Waals surface area contributed by atoms with Crippen molar-refractivity contribution in [3.63, 3.8) is 0 Å². The van der Waals surface area contributed by atoms with E-state index in [2.05, 4.69) is 31.4 Å². The Labute approximate surface area is 153 Å². The summed E-state index contributed by atoms with van der Waals surface area (Å²) >= 11 is 5.90. The van der Waals surface area contributed by atoms with Crippen LogP contribution in [0.2, 0.25) is 5.02 Å². The van der Waals surface area contributed by atoms with Crippen LogP contribution in [-0.4, -0.2) is 18.4 Å². The number of halogens is 1. The molecule has 0 aliphatic rings. The molecule has 2 rings (SSSR count). The van der Waals surface area contributed by atoms with E-state index < -0.39 is 0 Å². The highest BCUT2D eigenvalue weighted by Crippen LogP contribution is 2.22. The zero-order valence-electron chi connectivity index (χ0n) is 14.7. The third-order valence-electron chi connectivity index (χ3n) is 3.80. The Morgan fingerprint density at radius 2 is 1.68 bits per heavy atom. The molecule has 2 amide bonds. The molecule has 0 saturated carbocycles. The van der Waals surface area contributed by atoms with E-state index in [0.29, 0.717) is 17.1 Å². The lowest BCUT2D eigenvalue weighted by Crippen LogP contribution is -2.36. The van der Waals surface area contributed by atoms with E-state index in [4.69, 9.17) is 11.6 Å². The lowest BCUT2D eigenvalue weighted by atomic mass is 9.87. The Kier molecular flexibility index (Phi) is 6.21. The predicted octanol–water partition coefficient (Wildman–Crippen LogP) is 3.68. The minimum atomic E-state index is -0.265. The van der Waals surface area contributed by atoms with Gasteiger partial charge in [0.25, 0.3) is 5.91 Å². The van der Waals surface area contributed by atoms with Gasteiger partial charge in [0.05, 0.1) is 6.54 Å². The summed E-state index contributed by atoms with van der Waals surface area (Å²) in [5.41, 5.74) is 2.64. The van der Waals surface area contributed by atoms with Gasteiger partial charge in [0.15, 0.2) is 0 Å². The SMILES string of the molecule is CC(C)(C)c1ccc(C(=O)NCC(=O)NCc2cccc(Cl)c2)cc1. The molecule has 2 N–H and O–H groups in total. The zero-order chi connectivity index (χ0) is 18.4. The molecule has 0 spiro atoms. The van der Waals surface area contributed by atoms with E-state index in [9.17, 15) is 9.59 Å². The first-order valence-corrected chi connectivity index (χ1v) is 8.53. The van der Waals surface area contributed by atoms with Gasteiger partial charge < -0.3 is 10.6 Å². The van der Waals surface area contributed by atoms with Gasteiger partial charge in [-0.25, -0.2) is 0 Å². The van der Waals surface area contributed by atoms with Crippen LogP contribution in [-0.2, 0) is 16.8 Å². The molecule has 0 saturated heterocycles. The second kappa shape index (κ2) is 8.17. The van der Waals surface area contributed by atoms with Crippen molar-refractivity contribution in [1.29, 1.82) is 0 Å². The first-order valence-electron chi connectivity index (χ1n) is 8.15. The fourth-order valence-electron chi connectivity index (χ4n) is 2.29. The van der Waals surface area contributed by atoms with E-state index >= 15 is 0 Å². The number of nitrogens with one attached hydrogen (secondary N) is 2. The fourth-order valence-corrected chi connectivity index (χ4v) is 2.51. The van der Waals surface area contributed by atoms with Gasteiger partial charge in [0, 0.05) is 17.1 Å². The molecule has 0 bridgehead atoms. The van der Waals surface area contributed by atoms with Crippen LogP contribution in [0.4, 0.5) is 0 Å². The van der Waals surface area contributed by atoms with Gasteiger partial charge in [-0.1, -0.05) is 56.6 Å².